The van der Waals surface area contributed by atoms with E-state index in [1.807, 2.05) is 60.7 Å². The first-order valence-corrected chi connectivity index (χ1v) is 5.40. The van der Waals surface area contributed by atoms with E-state index in [2.05, 4.69) is 0 Å². The van der Waals surface area contributed by atoms with E-state index in [0.717, 1.165) is 11.1 Å². The van der Waals surface area contributed by atoms with Crippen LogP contribution in [-0.2, 0) is 0 Å². The van der Waals surface area contributed by atoms with Crippen LogP contribution >= 0.6 is 0 Å². The highest BCUT2D eigenvalue weighted by atomic mass is 14.8. The molecule has 0 fully saturated rings. The quantitative estimate of drug-likeness (QED) is 0.820. The molecule has 2 nitrogen and oxygen atoms in total. The van der Waals surface area contributed by atoms with E-state index in [0.29, 0.717) is 0 Å². The molecule has 0 bridgehead atoms. The smallest absolute Gasteiger partial charge is 0.0491 e. The Morgan fingerprint density at radius 3 is 1.19 bits per heavy atom. The third kappa shape index (κ3) is 2.30. The second-order valence-electron chi connectivity index (χ2n) is 3.87. The Labute approximate surface area is 95.9 Å². The standard InChI is InChI=1S/C14H16N2/c15-13(11-7-3-1-4-8-11)14(16)12-9-5-2-6-10-12/h1-10,13-14H,15-16H2/t13-,14?/m0/s1. The van der Waals surface area contributed by atoms with Crippen molar-refractivity contribution in [1.29, 1.82) is 0 Å². The maximum absolute atomic E-state index is 6.15. The maximum atomic E-state index is 6.15. The van der Waals surface area contributed by atoms with Gasteiger partial charge in [0.25, 0.3) is 0 Å². The minimum Gasteiger partial charge on any atom is -0.322 e. The molecule has 1 unspecified atom stereocenters. The molecule has 0 aliphatic heterocycles. The molecular weight excluding hydrogens is 196 g/mol. The summed E-state index contributed by atoms with van der Waals surface area (Å²) in [7, 11) is 0. The Bertz CT molecular complexity index is 382. The monoisotopic (exact) mass is 212 g/mol. The summed E-state index contributed by atoms with van der Waals surface area (Å²) in [5.74, 6) is 0. The molecule has 0 saturated heterocycles. The lowest BCUT2D eigenvalue weighted by atomic mass is 9.95. The van der Waals surface area contributed by atoms with Crippen LogP contribution in [0.4, 0.5) is 0 Å². The van der Waals surface area contributed by atoms with Crippen molar-refractivity contribution in [3.05, 3.63) is 71.8 Å². The Balaban J connectivity index is 2.20. The van der Waals surface area contributed by atoms with Gasteiger partial charge in [0, 0.05) is 12.1 Å². The predicted octanol–water partition coefficient (Wildman–Crippen LogP) is 2.39. The fourth-order valence-electron chi connectivity index (χ4n) is 1.77. The van der Waals surface area contributed by atoms with Crippen molar-refractivity contribution in [2.45, 2.75) is 12.1 Å². The summed E-state index contributed by atoms with van der Waals surface area (Å²) in [6, 6.07) is 19.6. The van der Waals surface area contributed by atoms with Gasteiger partial charge in [-0.25, -0.2) is 0 Å². The molecule has 0 heterocycles. The molecule has 2 aromatic rings. The number of rotatable bonds is 3. The zero-order valence-corrected chi connectivity index (χ0v) is 9.08. The van der Waals surface area contributed by atoms with Crippen LogP contribution in [0.1, 0.15) is 23.2 Å². The Morgan fingerprint density at radius 1 is 0.562 bits per heavy atom. The molecule has 2 atom stereocenters. The van der Waals surface area contributed by atoms with Gasteiger partial charge in [-0.2, -0.15) is 0 Å². The highest BCUT2D eigenvalue weighted by Gasteiger charge is 2.16. The summed E-state index contributed by atoms with van der Waals surface area (Å²) < 4.78 is 0. The van der Waals surface area contributed by atoms with E-state index in [1.165, 1.54) is 0 Å². The number of hydrogen-bond donors (Lipinski definition) is 2. The fraction of sp³-hybridized carbons (Fsp3) is 0.143. The van der Waals surface area contributed by atoms with Crippen molar-refractivity contribution in [3.63, 3.8) is 0 Å². The number of nitrogens with two attached hydrogens (primary N) is 2. The highest BCUT2D eigenvalue weighted by Crippen LogP contribution is 2.23. The third-order valence-electron chi connectivity index (χ3n) is 2.76. The first-order chi connectivity index (χ1) is 7.79. The van der Waals surface area contributed by atoms with Gasteiger partial charge in [0.15, 0.2) is 0 Å². The molecule has 0 aliphatic carbocycles. The number of benzene rings is 2. The molecule has 0 saturated carbocycles. The lowest BCUT2D eigenvalue weighted by Gasteiger charge is -2.20. The first kappa shape index (κ1) is 10.9. The SMILES string of the molecule is NC(c1ccccc1)[C@@H](N)c1ccccc1. The van der Waals surface area contributed by atoms with Crippen molar-refractivity contribution in [1.82, 2.24) is 0 Å². The topological polar surface area (TPSA) is 52.0 Å². The molecule has 2 heteroatoms. The van der Waals surface area contributed by atoms with E-state index in [1.54, 1.807) is 0 Å². The fourth-order valence-corrected chi connectivity index (χ4v) is 1.77. The Hall–Kier alpha value is -1.64. The molecule has 0 aliphatic rings. The molecule has 0 aromatic heterocycles. The van der Waals surface area contributed by atoms with Crippen LogP contribution in [0.25, 0.3) is 0 Å². The molecule has 82 valence electrons. The van der Waals surface area contributed by atoms with E-state index < -0.39 is 0 Å². The molecule has 0 radical (unpaired) electrons. The average molecular weight is 212 g/mol. The van der Waals surface area contributed by atoms with E-state index >= 15 is 0 Å². The molecular formula is C14H16N2. The molecule has 0 spiro atoms. The minimum absolute atomic E-state index is 0.163. The van der Waals surface area contributed by atoms with Crippen molar-refractivity contribution in [3.8, 4) is 0 Å². The van der Waals surface area contributed by atoms with Gasteiger partial charge >= 0.3 is 0 Å². The van der Waals surface area contributed by atoms with Crippen LogP contribution in [0.2, 0.25) is 0 Å². The van der Waals surface area contributed by atoms with Crippen molar-refractivity contribution < 1.29 is 0 Å². The molecule has 16 heavy (non-hydrogen) atoms. The summed E-state index contributed by atoms with van der Waals surface area (Å²) in [5.41, 5.74) is 14.4. The molecule has 2 rings (SSSR count). The van der Waals surface area contributed by atoms with E-state index in [4.69, 9.17) is 11.5 Å². The van der Waals surface area contributed by atoms with Crippen LogP contribution in [0, 0.1) is 0 Å². The Morgan fingerprint density at radius 2 is 0.875 bits per heavy atom. The second-order valence-corrected chi connectivity index (χ2v) is 3.87. The van der Waals surface area contributed by atoms with Crippen LogP contribution in [0.5, 0.6) is 0 Å². The van der Waals surface area contributed by atoms with Crippen LogP contribution in [0.15, 0.2) is 60.7 Å². The van der Waals surface area contributed by atoms with Crippen molar-refractivity contribution >= 4 is 0 Å². The van der Waals surface area contributed by atoms with Crippen molar-refractivity contribution in [2.24, 2.45) is 11.5 Å². The second kappa shape index (κ2) is 4.92. The van der Waals surface area contributed by atoms with Gasteiger partial charge in [-0.15, -0.1) is 0 Å². The minimum atomic E-state index is -0.163. The molecule has 0 amide bonds. The van der Waals surface area contributed by atoms with Gasteiger partial charge in [-0.3, -0.25) is 0 Å². The van der Waals surface area contributed by atoms with Gasteiger partial charge in [0.1, 0.15) is 0 Å². The maximum Gasteiger partial charge on any atom is 0.0491 e. The first-order valence-electron chi connectivity index (χ1n) is 5.40. The van der Waals surface area contributed by atoms with Gasteiger partial charge in [0.05, 0.1) is 0 Å². The van der Waals surface area contributed by atoms with E-state index in [-0.39, 0.29) is 12.1 Å². The molecule has 4 N–H and O–H groups in total. The van der Waals surface area contributed by atoms with Crippen LogP contribution in [0.3, 0.4) is 0 Å². The lowest BCUT2D eigenvalue weighted by molar-refractivity contribution is 0.574. The van der Waals surface area contributed by atoms with Gasteiger partial charge < -0.3 is 11.5 Å². The highest BCUT2D eigenvalue weighted by molar-refractivity contribution is 5.26. The third-order valence-corrected chi connectivity index (χ3v) is 2.76. The zero-order valence-electron chi connectivity index (χ0n) is 9.08. The summed E-state index contributed by atoms with van der Waals surface area (Å²) in [6.45, 7) is 0. The van der Waals surface area contributed by atoms with Gasteiger partial charge in [0.2, 0.25) is 0 Å². The predicted molar refractivity (Wildman–Crippen MR) is 66.7 cm³/mol. The van der Waals surface area contributed by atoms with Gasteiger partial charge in [-0.1, -0.05) is 60.7 Å². The Kier molecular flexibility index (Phi) is 3.34. The largest absolute Gasteiger partial charge is 0.322 e. The number of hydrogen-bond acceptors (Lipinski definition) is 2. The summed E-state index contributed by atoms with van der Waals surface area (Å²) in [4.78, 5) is 0. The zero-order chi connectivity index (χ0) is 11.4. The summed E-state index contributed by atoms with van der Waals surface area (Å²) in [5, 5.41) is 0. The summed E-state index contributed by atoms with van der Waals surface area (Å²) >= 11 is 0. The van der Waals surface area contributed by atoms with E-state index in [9.17, 15) is 0 Å². The average Bonchev–Trinajstić information content (AvgIpc) is 2.39. The normalized spacial score (nSPS) is 14.4. The molecule has 2 aromatic carbocycles. The summed E-state index contributed by atoms with van der Waals surface area (Å²) in [6.07, 6.45) is 0. The van der Waals surface area contributed by atoms with Crippen molar-refractivity contribution in [2.75, 3.05) is 0 Å². The lowest BCUT2D eigenvalue weighted by Crippen LogP contribution is -2.26. The van der Waals surface area contributed by atoms with Gasteiger partial charge in [-0.05, 0) is 11.1 Å². The van der Waals surface area contributed by atoms with Crippen LogP contribution < -0.4 is 11.5 Å². The van der Waals surface area contributed by atoms with Crippen LogP contribution in [-0.4, -0.2) is 0 Å².